The van der Waals surface area contributed by atoms with Gasteiger partial charge >= 0.3 is 0 Å². The number of methoxy groups -OCH3 is 1. The molecule has 6 rings (SSSR count). The molecule has 0 unspecified atom stereocenters. The Morgan fingerprint density at radius 3 is 2.49 bits per heavy atom. The summed E-state index contributed by atoms with van der Waals surface area (Å²) in [5.74, 6) is 1.17. The monoisotopic (exact) mass is 593 g/mol. The van der Waals surface area contributed by atoms with Gasteiger partial charge in [-0.15, -0.1) is 0 Å². The number of hydrogen-bond donors (Lipinski definition) is 0. The van der Waals surface area contributed by atoms with Gasteiger partial charge in [-0.25, -0.2) is 4.68 Å². The third-order valence-electron chi connectivity index (χ3n) is 7.83. The second kappa shape index (κ2) is 10.7. The maximum Gasteiger partial charge on any atom is 0.274 e. The highest BCUT2D eigenvalue weighted by Crippen LogP contribution is 2.46. The molecule has 0 spiro atoms. The first-order valence-corrected chi connectivity index (χ1v) is 15.3. The fourth-order valence-electron chi connectivity index (χ4n) is 5.93. The van der Waals surface area contributed by atoms with E-state index in [0.29, 0.717) is 37.0 Å². The second-order valence-corrected chi connectivity index (χ2v) is 14.0. The molecule has 1 fully saturated rings. The molecule has 0 radical (unpaired) electrons. The lowest BCUT2D eigenvalue weighted by molar-refractivity contribution is -0.159. The topological polar surface area (TPSA) is 92.9 Å². The molecule has 0 saturated carbocycles. The van der Waals surface area contributed by atoms with Gasteiger partial charge in [-0.05, 0) is 34.1 Å². The summed E-state index contributed by atoms with van der Waals surface area (Å²) in [5, 5.41) is 12.5. The van der Waals surface area contributed by atoms with Crippen LogP contribution in [-0.2, 0) is 23.1 Å². The third kappa shape index (κ3) is 5.25. The fraction of sp³-hybridized carbons (Fsp3) is 0.346. The number of amides is 1. The Hall–Kier alpha value is -3.28. The molecule has 0 aliphatic carbocycles. The number of aromatic nitrogens is 4. The van der Waals surface area contributed by atoms with Gasteiger partial charge in [0.25, 0.3) is 5.91 Å². The summed E-state index contributed by atoms with van der Waals surface area (Å²) in [5.41, 5.74) is 4.79. The average Bonchev–Trinajstić information content (AvgIpc) is 3.67. The number of thiophene rings is 1. The van der Waals surface area contributed by atoms with Crippen LogP contribution >= 0.6 is 11.3 Å². The first-order chi connectivity index (χ1) is 20.3. The van der Waals surface area contributed by atoms with Crippen molar-refractivity contribution in [1.29, 1.82) is 0 Å². The van der Waals surface area contributed by atoms with Gasteiger partial charge in [-0.1, -0.05) is 0 Å². The lowest BCUT2D eigenvalue weighted by Crippen LogP contribution is -2.74. The molecule has 2 aliphatic rings. The Morgan fingerprint density at radius 1 is 1.16 bits per heavy atom. The van der Waals surface area contributed by atoms with E-state index in [1.807, 2.05) is 98.7 Å². The highest BCUT2D eigenvalue weighted by atomic mass is 32.1. The van der Waals surface area contributed by atoms with Gasteiger partial charge < -0.3 is 23.8 Å². The van der Waals surface area contributed by atoms with Gasteiger partial charge in [-0.2, -0.15) is 21.5 Å². The molecule has 1 amide bonds. The van der Waals surface area contributed by atoms with Crippen LogP contribution in [0.5, 0.6) is 11.5 Å². The second-order valence-electron chi connectivity index (χ2n) is 13.2. The molecule has 0 bridgehead atoms. The van der Waals surface area contributed by atoms with Crippen molar-refractivity contribution < 1.29 is 23.7 Å². The van der Waals surface area contributed by atoms with Gasteiger partial charge in [0.15, 0.2) is 5.69 Å². The van der Waals surface area contributed by atoms with Crippen molar-refractivity contribution in [2.24, 2.45) is 7.05 Å². The van der Waals surface area contributed by atoms with Crippen molar-refractivity contribution in [2.75, 3.05) is 26.9 Å². The van der Waals surface area contributed by atoms with E-state index in [9.17, 15) is 4.79 Å². The summed E-state index contributed by atoms with van der Waals surface area (Å²) in [6.07, 6.45) is 1.76. The van der Waals surface area contributed by atoms with Crippen molar-refractivity contribution in [3.05, 3.63) is 52.5 Å². The van der Waals surface area contributed by atoms with Gasteiger partial charge in [0.1, 0.15) is 70.7 Å². The number of carbonyl (C=O) groups is 1. The molecule has 1 aromatic carbocycles. The maximum absolute atomic E-state index is 14.8. The van der Waals surface area contributed by atoms with Crippen molar-refractivity contribution in [2.45, 2.75) is 22.7 Å². The molecule has 216 valence electrons. The summed E-state index contributed by atoms with van der Waals surface area (Å²) in [6.45, 7) is 1.35. The molecule has 10 nitrogen and oxygen atoms in total. The summed E-state index contributed by atoms with van der Waals surface area (Å²) < 4.78 is 27.8. The number of fused-ring (bicyclic) bond motifs is 3. The zero-order chi connectivity index (χ0) is 30.7. The zero-order valence-electron chi connectivity index (χ0n) is 26.1. The molecule has 1 saturated heterocycles. The van der Waals surface area contributed by atoms with Crippen LogP contribution in [0.25, 0.3) is 28.2 Å². The smallest absolute Gasteiger partial charge is 0.274 e. The molecule has 17 heteroatoms. The van der Waals surface area contributed by atoms with Gasteiger partial charge in [0.2, 0.25) is 0 Å². The Balaban J connectivity index is 1.52. The van der Waals surface area contributed by atoms with Crippen LogP contribution in [0.3, 0.4) is 0 Å². The maximum atomic E-state index is 14.8. The highest BCUT2D eigenvalue weighted by Gasteiger charge is 2.52. The van der Waals surface area contributed by atoms with Crippen LogP contribution in [-0.4, -0.2) is 120 Å². The predicted molar refractivity (Wildman–Crippen MR) is 182 cm³/mol. The first-order valence-electron chi connectivity index (χ1n) is 14.4. The van der Waals surface area contributed by atoms with E-state index in [-0.39, 0.29) is 17.8 Å². The van der Waals surface area contributed by atoms with E-state index >= 15 is 0 Å². The minimum atomic E-state index is -0.616. The number of nitrogens with zero attached hydrogens (tertiary/aromatic N) is 5. The lowest BCUT2D eigenvalue weighted by atomic mass is 9.47. The zero-order valence-corrected chi connectivity index (χ0v) is 26.9. The van der Waals surface area contributed by atoms with Crippen LogP contribution in [0.1, 0.15) is 16.1 Å². The van der Waals surface area contributed by atoms with Crippen molar-refractivity contribution in [3.8, 4) is 39.7 Å². The van der Waals surface area contributed by atoms with Crippen LogP contribution in [0.2, 0.25) is 0 Å². The summed E-state index contributed by atoms with van der Waals surface area (Å²) >= 11 is 1.58. The summed E-state index contributed by atoms with van der Waals surface area (Å²) in [7, 11) is 15.7. The number of ether oxygens (including phenoxy) is 4. The SMILES string of the molecule is BC(B)(B)OCC1(N(C(=O)c2nn(-c3ccsc3)c3c2COc2cc(OC)c(-c4ccnn4C)cc2-3)C(B)(B)B)COC1. The quantitative estimate of drug-likeness (QED) is 0.193. The van der Waals surface area contributed by atoms with Gasteiger partial charge in [0.05, 0.1) is 44.0 Å². The van der Waals surface area contributed by atoms with Gasteiger partial charge in [-0.3, -0.25) is 9.48 Å². The van der Waals surface area contributed by atoms with Crippen LogP contribution < -0.4 is 9.47 Å². The number of carbonyl (C=O) groups excluding carboxylic acids is 1. The molecule has 0 N–H and O–H groups in total. The number of benzene rings is 1. The molecule has 2 aliphatic heterocycles. The largest absolute Gasteiger partial charge is 0.496 e. The van der Waals surface area contributed by atoms with E-state index in [0.717, 1.165) is 33.8 Å². The number of rotatable bonds is 9. The number of aryl methyl sites for hydroxylation is 1. The number of hydrogen-bond acceptors (Lipinski definition) is 8. The minimum Gasteiger partial charge on any atom is -0.496 e. The fourth-order valence-corrected chi connectivity index (χ4v) is 6.54. The highest BCUT2D eigenvalue weighted by molar-refractivity contribution is 7.08. The van der Waals surface area contributed by atoms with E-state index in [4.69, 9.17) is 24.0 Å². The van der Waals surface area contributed by atoms with Crippen molar-refractivity contribution in [1.82, 2.24) is 24.5 Å². The van der Waals surface area contributed by atoms with E-state index in [1.54, 1.807) is 29.3 Å². The average molecular weight is 593 g/mol. The van der Waals surface area contributed by atoms with Crippen LogP contribution in [0.4, 0.5) is 0 Å². The Kier molecular flexibility index (Phi) is 7.42. The Morgan fingerprint density at radius 2 is 1.93 bits per heavy atom. The molecular formula is C26H33B6N5O5S. The van der Waals surface area contributed by atoms with Gasteiger partial charge in [0, 0.05) is 41.4 Å². The lowest BCUT2D eigenvalue weighted by Gasteiger charge is -2.55. The minimum absolute atomic E-state index is 0.175. The Labute approximate surface area is 260 Å². The third-order valence-corrected chi connectivity index (χ3v) is 8.50. The van der Waals surface area contributed by atoms with E-state index < -0.39 is 10.8 Å². The normalized spacial score (nSPS) is 15.6. The molecule has 5 heterocycles. The molecule has 43 heavy (non-hydrogen) atoms. The summed E-state index contributed by atoms with van der Waals surface area (Å²) in [6, 6.07) is 7.90. The van der Waals surface area contributed by atoms with Crippen molar-refractivity contribution in [3.63, 3.8) is 0 Å². The van der Waals surface area contributed by atoms with Crippen LogP contribution in [0, 0.1) is 0 Å². The van der Waals surface area contributed by atoms with Crippen molar-refractivity contribution >= 4 is 64.3 Å². The molecular weight excluding hydrogens is 559 g/mol. The Bertz CT molecular complexity index is 1680. The predicted octanol–water partition coefficient (Wildman–Crippen LogP) is -2.85. The molecule has 4 aromatic rings. The first kappa shape index (κ1) is 29.8. The molecule has 0 atom stereocenters. The summed E-state index contributed by atoms with van der Waals surface area (Å²) in [4.78, 5) is 16.7. The molecule has 3 aromatic heterocycles. The van der Waals surface area contributed by atoms with E-state index in [1.165, 1.54) is 0 Å². The standard InChI is InChI=1S/C26H33B6N5O5S/c1-35-18(3-5-33-35)15-7-16-20(8-19(15)39-2)41-9-17-21(34-36(22(16)17)14-4-6-43-10-14)23(38)37(25(27,28)29)24(11-40-12-24)13-42-26(30,31)32/h3-8,10H,9,11-13,27-32H2,1-2H3. The van der Waals surface area contributed by atoms with Crippen LogP contribution in [0.15, 0.2) is 41.2 Å². The van der Waals surface area contributed by atoms with E-state index in [2.05, 4.69) is 5.10 Å².